The number of benzene rings is 3. The Morgan fingerprint density at radius 3 is 2.53 bits per heavy atom. The summed E-state index contributed by atoms with van der Waals surface area (Å²) in [5, 5.41) is 12.5. The van der Waals surface area contributed by atoms with Gasteiger partial charge in [0.05, 0.1) is 10.1 Å². The topological polar surface area (TPSA) is 78.8 Å². The zero-order valence-electron chi connectivity index (χ0n) is 15.6. The molecule has 0 saturated heterocycles. The third-order valence-electron chi connectivity index (χ3n) is 5.28. The minimum Gasteiger partial charge on any atom is -0.365 e. The SMILES string of the molecule is O=S(=O)(Nc1ccc(C2=NC3(O)c4ccc(Cl)cc4CC3S2)cc1)c1ccccc1. The molecular formula is C22H17ClN2O3S2. The number of aliphatic hydroxyl groups is 1. The van der Waals surface area contributed by atoms with Crippen molar-refractivity contribution in [2.45, 2.75) is 22.3 Å². The first-order valence-electron chi connectivity index (χ1n) is 9.31. The maximum Gasteiger partial charge on any atom is 0.261 e. The molecule has 8 heteroatoms. The molecule has 2 N–H and O–H groups in total. The predicted octanol–water partition coefficient (Wildman–Crippen LogP) is 4.40. The average molecular weight is 457 g/mol. The fraction of sp³-hybridized carbons (Fsp3) is 0.136. The second-order valence-corrected chi connectivity index (χ2v) is 10.6. The van der Waals surface area contributed by atoms with E-state index in [-0.39, 0.29) is 10.1 Å². The van der Waals surface area contributed by atoms with Gasteiger partial charge < -0.3 is 5.11 Å². The second kappa shape index (κ2) is 7.13. The van der Waals surface area contributed by atoms with E-state index in [4.69, 9.17) is 11.6 Å². The maximum absolute atomic E-state index is 12.5. The Labute approximate surface area is 183 Å². The van der Waals surface area contributed by atoms with E-state index >= 15 is 0 Å². The van der Waals surface area contributed by atoms with Gasteiger partial charge in [0.15, 0.2) is 5.72 Å². The van der Waals surface area contributed by atoms with E-state index in [1.54, 1.807) is 48.5 Å². The van der Waals surface area contributed by atoms with Crippen LogP contribution in [0.5, 0.6) is 0 Å². The molecule has 1 aliphatic heterocycles. The fourth-order valence-electron chi connectivity index (χ4n) is 3.80. The first kappa shape index (κ1) is 19.6. The van der Waals surface area contributed by atoms with Crippen molar-refractivity contribution in [3.05, 3.63) is 94.5 Å². The molecule has 0 radical (unpaired) electrons. The smallest absolute Gasteiger partial charge is 0.261 e. The summed E-state index contributed by atoms with van der Waals surface area (Å²) >= 11 is 7.61. The minimum absolute atomic E-state index is 0.0998. The molecule has 5 nitrogen and oxygen atoms in total. The number of thioether (sulfide) groups is 1. The van der Waals surface area contributed by atoms with E-state index < -0.39 is 15.7 Å². The van der Waals surface area contributed by atoms with Crippen molar-refractivity contribution in [3.63, 3.8) is 0 Å². The van der Waals surface area contributed by atoms with Crippen LogP contribution in [-0.2, 0) is 22.2 Å². The van der Waals surface area contributed by atoms with Crippen LogP contribution in [0.4, 0.5) is 5.69 Å². The molecule has 1 aliphatic carbocycles. The quantitative estimate of drug-likeness (QED) is 0.609. The van der Waals surface area contributed by atoms with Crippen LogP contribution in [0.1, 0.15) is 16.7 Å². The Bertz CT molecular complexity index is 1260. The van der Waals surface area contributed by atoms with E-state index in [1.807, 2.05) is 24.3 Å². The van der Waals surface area contributed by atoms with Gasteiger partial charge in [-0.3, -0.25) is 4.72 Å². The van der Waals surface area contributed by atoms with Crippen molar-refractivity contribution in [2.24, 2.45) is 4.99 Å². The first-order chi connectivity index (χ1) is 14.3. The molecule has 5 rings (SSSR count). The van der Waals surface area contributed by atoms with Crippen LogP contribution in [-0.4, -0.2) is 23.8 Å². The van der Waals surface area contributed by atoms with E-state index in [2.05, 4.69) is 9.71 Å². The summed E-state index contributed by atoms with van der Waals surface area (Å²) in [6.07, 6.45) is 0.693. The summed E-state index contributed by atoms with van der Waals surface area (Å²) in [6.45, 7) is 0. The number of fused-ring (bicyclic) bond motifs is 3. The van der Waals surface area contributed by atoms with Crippen LogP contribution in [0.25, 0.3) is 0 Å². The first-order valence-corrected chi connectivity index (χ1v) is 12.1. The lowest BCUT2D eigenvalue weighted by Crippen LogP contribution is -2.27. The van der Waals surface area contributed by atoms with Crippen LogP contribution in [0.15, 0.2) is 82.7 Å². The van der Waals surface area contributed by atoms with E-state index in [1.165, 1.54) is 11.8 Å². The number of hydrogen-bond acceptors (Lipinski definition) is 5. The Morgan fingerprint density at radius 2 is 1.80 bits per heavy atom. The van der Waals surface area contributed by atoms with E-state index in [9.17, 15) is 13.5 Å². The van der Waals surface area contributed by atoms with Gasteiger partial charge in [0.2, 0.25) is 0 Å². The zero-order chi connectivity index (χ0) is 20.9. The normalized spacial score (nSPS) is 22.3. The van der Waals surface area contributed by atoms with Gasteiger partial charge in [-0.05, 0) is 48.4 Å². The molecule has 152 valence electrons. The van der Waals surface area contributed by atoms with Crippen molar-refractivity contribution in [3.8, 4) is 0 Å². The molecule has 1 heterocycles. The molecule has 3 aromatic carbocycles. The predicted molar refractivity (Wildman–Crippen MR) is 121 cm³/mol. The lowest BCUT2D eigenvalue weighted by molar-refractivity contribution is 0.0580. The highest BCUT2D eigenvalue weighted by Crippen LogP contribution is 2.50. The summed E-state index contributed by atoms with van der Waals surface area (Å²) in [4.78, 5) is 4.84. The zero-order valence-corrected chi connectivity index (χ0v) is 18.0. The van der Waals surface area contributed by atoms with Crippen molar-refractivity contribution < 1.29 is 13.5 Å². The summed E-state index contributed by atoms with van der Waals surface area (Å²) in [7, 11) is -3.64. The molecule has 0 bridgehead atoms. The van der Waals surface area contributed by atoms with Gasteiger partial charge in [0, 0.05) is 21.8 Å². The number of anilines is 1. The Kier molecular flexibility index (Phi) is 4.67. The molecule has 3 aromatic rings. The Hall–Kier alpha value is -2.32. The molecule has 0 aromatic heterocycles. The van der Waals surface area contributed by atoms with E-state index in [0.717, 1.165) is 21.7 Å². The van der Waals surface area contributed by atoms with Gasteiger partial charge in [0.25, 0.3) is 10.0 Å². The number of sulfonamides is 1. The second-order valence-electron chi connectivity index (χ2n) is 7.25. The molecule has 0 saturated carbocycles. The van der Waals surface area contributed by atoms with Crippen molar-refractivity contribution in [2.75, 3.05) is 4.72 Å². The summed E-state index contributed by atoms with van der Waals surface area (Å²) in [6, 6.07) is 20.7. The van der Waals surface area contributed by atoms with Crippen molar-refractivity contribution in [1.29, 1.82) is 0 Å². The van der Waals surface area contributed by atoms with Gasteiger partial charge >= 0.3 is 0 Å². The molecule has 30 heavy (non-hydrogen) atoms. The number of nitrogens with one attached hydrogen (secondary N) is 1. The highest BCUT2D eigenvalue weighted by atomic mass is 35.5. The Morgan fingerprint density at radius 1 is 1.07 bits per heavy atom. The summed E-state index contributed by atoms with van der Waals surface area (Å²) in [5.41, 5.74) is 1.86. The molecule has 2 aliphatic rings. The van der Waals surface area contributed by atoms with Crippen LogP contribution in [0.2, 0.25) is 5.02 Å². The number of nitrogens with zero attached hydrogens (tertiary/aromatic N) is 1. The van der Waals surface area contributed by atoms with Gasteiger partial charge in [-0.15, -0.1) is 0 Å². The molecule has 0 spiro atoms. The highest BCUT2D eigenvalue weighted by molar-refractivity contribution is 8.15. The molecular weight excluding hydrogens is 440 g/mol. The van der Waals surface area contributed by atoms with Gasteiger partial charge in [-0.25, -0.2) is 13.4 Å². The summed E-state index contributed by atoms with van der Waals surface area (Å²) in [5.74, 6) is 0. The lowest BCUT2D eigenvalue weighted by Gasteiger charge is -2.19. The third-order valence-corrected chi connectivity index (χ3v) is 8.24. The lowest BCUT2D eigenvalue weighted by atomic mass is 10.1. The highest BCUT2D eigenvalue weighted by Gasteiger charge is 2.50. The minimum atomic E-state index is -3.64. The molecule has 2 unspecified atom stereocenters. The molecule has 0 amide bonds. The van der Waals surface area contributed by atoms with Crippen LogP contribution in [0.3, 0.4) is 0 Å². The third kappa shape index (κ3) is 3.32. The molecule has 0 fully saturated rings. The van der Waals surface area contributed by atoms with Gasteiger partial charge in [-0.1, -0.05) is 59.8 Å². The fourth-order valence-corrected chi connectivity index (χ4v) is 6.42. The van der Waals surface area contributed by atoms with Gasteiger partial charge in [0.1, 0.15) is 5.04 Å². The maximum atomic E-state index is 12.5. The number of aliphatic imine (C=N–C) groups is 1. The largest absolute Gasteiger partial charge is 0.365 e. The van der Waals surface area contributed by atoms with Gasteiger partial charge in [-0.2, -0.15) is 0 Å². The number of rotatable bonds is 4. The number of halogens is 1. The van der Waals surface area contributed by atoms with Crippen molar-refractivity contribution >= 4 is 44.1 Å². The molecule has 2 atom stereocenters. The van der Waals surface area contributed by atoms with Crippen LogP contribution >= 0.6 is 23.4 Å². The Balaban J connectivity index is 1.39. The standard InChI is InChI=1S/C22H17ClN2O3S2/c23-16-8-11-19-15(12-16)13-20-22(19,26)24-21(29-20)14-6-9-17(10-7-14)25-30(27,28)18-4-2-1-3-5-18/h1-12,20,25-26H,13H2. The number of hydrogen-bond donors (Lipinski definition) is 2. The summed E-state index contributed by atoms with van der Waals surface area (Å²) < 4.78 is 27.5. The van der Waals surface area contributed by atoms with Crippen LogP contribution < -0.4 is 4.72 Å². The average Bonchev–Trinajstić information content (AvgIpc) is 3.18. The van der Waals surface area contributed by atoms with Crippen LogP contribution in [0, 0.1) is 0 Å². The van der Waals surface area contributed by atoms with E-state index in [0.29, 0.717) is 17.1 Å². The van der Waals surface area contributed by atoms with Crippen molar-refractivity contribution in [1.82, 2.24) is 0 Å². The monoisotopic (exact) mass is 456 g/mol.